The summed E-state index contributed by atoms with van der Waals surface area (Å²) in [4.78, 5) is 23.1. The maximum atomic E-state index is 13.2. The number of amides is 1. The lowest BCUT2D eigenvalue weighted by Gasteiger charge is -2.39. The first-order valence-electron chi connectivity index (χ1n) is 12.6. The molecular weight excluding hydrogens is 523 g/mol. The first-order chi connectivity index (χ1) is 18.8. The zero-order valence-corrected chi connectivity index (χ0v) is 21.9. The number of guanidine groups is 1. The topological polar surface area (TPSA) is 71.7 Å². The molecule has 5 rings (SSSR count). The van der Waals surface area contributed by atoms with E-state index >= 15 is 0 Å². The highest BCUT2D eigenvalue weighted by Gasteiger charge is 2.33. The van der Waals surface area contributed by atoms with Gasteiger partial charge in [0.2, 0.25) is 5.96 Å². The predicted molar refractivity (Wildman–Crippen MR) is 145 cm³/mol. The third kappa shape index (κ3) is 5.54. The van der Waals surface area contributed by atoms with Crippen LogP contribution in [0.15, 0.2) is 65.5 Å². The number of nitrogens with one attached hydrogen (secondary N) is 1. The van der Waals surface area contributed by atoms with Crippen LogP contribution in [0.5, 0.6) is 0 Å². The van der Waals surface area contributed by atoms with Crippen molar-refractivity contribution in [3.8, 4) is 6.07 Å². The molecule has 200 valence electrons. The van der Waals surface area contributed by atoms with Gasteiger partial charge in [-0.2, -0.15) is 18.4 Å². The van der Waals surface area contributed by atoms with Gasteiger partial charge in [-0.3, -0.25) is 4.79 Å². The Morgan fingerprint density at radius 1 is 1.10 bits per heavy atom. The first kappa shape index (κ1) is 26.5. The Labute approximate surface area is 228 Å². The second-order valence-corrected chi connectivity index (χ2v) is 10.3. The molecule has 0 atom stereocenters. The monoisotopic (exact) mass is 549 g/mol. The number of carbonyl (C=O) groups is 1. The van der Waals surface area contributed by atoms with Gasteiger partial charge in [0, 0.05) is 25.0 Å². The van der Waals surface area contributed by atoms with E-state index in [1.165, 1.54) is 23.5 Å². The second kappa shape index (κ2) is 10.9. The van der Waals surface area contributed by atoms with E-state index in [4.69, 9.17) is 4.99 Å². The van der Waals surface area contributed by atoms with Gasteiger partial charge in [0.05, 0.1) is 45.6 Å². The summed E-state index contributed by atoms with van der Waals surface area (Å²) in [5.74, 6) is 0.348. The number of aliphatic imine (C=N–C) groups is 1. The first-order valence-corrected chi connectivity index (χ1v) is 13.5. The molecule has 2 aliphatic heterocycles. The van der Waals surface area contributed by atoms with Gasteiger partial charge in [0.15, 0.2) is 0 Å². The van der Waals surface area contributed by atoms with Crippen molar-refractivity contribution in [1.29, 1.82) is 5.26 Å². The van der Waals surface area contributed by atoms with Crippen LogP contribution in [0.1, 0.15) is 56.8 Å². The minimum absolute atomic E-state index is 0.0856. The van der Waals surface area contributed by atoms with Crippen LogP contribution in [-0.2, 0) is 19.3 Å². The summed E-state index contributed by atoms with van der Waals surface area (Å²) < 4.78 is 38.6. The second-order valence-electron chi connectivity index (χ2n) is 9.47. The average Bonchev–Trinajstić information content (AvgIpc) is 3.38. The van der Waals surface area contributed by atoms with Gasteiger partial charge < -0.3 is 15.1 Å². The van der Waals surface area contributed by atoms with Crippen molar-refractivity contribution in [3.05, 3.63) is 93.2 Å². The maximum Gasteiger partial charge on any atom is 0.416 e. The minimum atomic E-state index is -4.41. The number of nitriles is 1. The molecule has 0 saturated carbocycles. The van der Waals surface area contributed by atoms with E-state index in [0.29, 0.717) is 40.6 Å². The van der Waals surface area contributed by atoms with Crippen LogP contribution in [0.25, 0.3) is 5.70 Å². The molecule has 1 fully saturated rings. The van der Waals surface area contributed by atoms with Gasteiger partial charge in [-0.25, -0.2) is 4.99 Å². The number of fused-ring (bicyclic) bond motifs is 1. The molecule has 0 aliphatic carbocycles. The minimum Gasteiger partial charge on any atom is -0.348 e. The number of alkyl halides is 3. The van der Waals surface area contributed by atoms with Crippen LogP contribution in [0.3, 0.4) is 0 Å². The van der Waals surface area contributed by atoms with E-state index in [-0.39, 0.29) is 12.5 Å². The van der Waals surface area contributed by atoms with Gasteiger partial charge in [0.25, 0.3) is 5.91 Å². The van der Waals surface area contributed by atoms with E-state index in [1.54, 1.807) is 11.4 Å². The molecule has 2 aromatic carbocycles. The Balaban J connectivity index is 1.41. The number of benzene rings is 2. The Morgan fingerprint density at radius 3 is 2.51 bits per heavy atom. The number of piperidine rings is 1. The van der Waals surface area contributed by atoms with Crippen molar-refractivity contribution in [3.63, 3.8) is 0 Å². The third-order valence-corrected chi connectivity index (χ3v) is 7.91. The molecule has 0 unspecified atom stereocenters. The highest BCUT2D eigenvalue weighted by Crippen LogP contribution is 2.42. The Bertz CT molecular complexity index is 1460. The number of hydrogen-bond donors (Lipinski definition) is 1. The molecule has 2 aliphatic rings. The number of rotatable bonds is 5. The van der Waals surface area contributed by atoms with Crippen LogP contribution in [0.4, 0.5) is 18.9 Å². The van der Waals surface area contributed by atoms with Crippen molar-refractivity contribution in [2.45, 2.75) is 38.5 Å². The summed E-state index contributed by atoms with van der Waals surface area (Å²) >= 11 is 1.37. The fourth-order valence-electron chi connectivity index (χ4n) is 4.76. The van der Waals surface area contributed by atoms with Crippen LogP contribution >= 0.6 is 11.3 Å². The molecule has 0 radical (unpaired) electrons. The van der Waals surface area contributed by atoms with Crippen molar-refractivity contribution in [2.24, 2.45) is 4.99 Å². The summed E-state index contributed by atoms with van der Waals surface area (Å²) in [7, 11) is 0. The molecule has 0 spiro atoms. The number of hydrogen-bond acceptors (Lipinski definition) is 6. The maximum absolute atomic E-state index is 13.2. The van der Waals surface area contributed by atoms with Gasteiger partial charge in [-0.05, 0) is 48.6 Å². The number of likely N-dealkylation sites (tertiary alicyclic amines) is 1. The molecule has 1 amide bonds. The Kier molecular flexibility index (Phi) is 7.44. The van der Waals surface area contributed by atoms with Gasteiger partial charge in [0.1, 0.15) is 0 Å². The molecule has 1 aromatic heterocycles. The Morgan fingerprint density at radius 2 is 1.82 bits per heavy atom. The summed E-state index contributed by atoms with van der Waals surface area (Å²) in [5, 5.41) is 14.2. The van der Waals surface area contributed by atoms with Gasteiger partial charge in [-0.15, -0.1) is 11.3 Å². The quantitative estimate of drug-likeness (QED) is 0.393. The lowest BCUT2D eigenvalue weighted by Crippen LogP contribution is -2.46. The molecule has 39 heavy (non-hydrogen) atoms. The van der Waals surface area contributed by atoms with E-state index < -0.39 is 11.7 Å². The van der Waals surface area contributed by atoms with Crippen LogP contribution in [0.2, 0.25) is 0 Å². The average molecular weight is 550 g/mol. The fourth-order valence-corrected chi connectivity index (χ4v) is 5.73. The molecular formula is C29H26F3N5OS. The molecule has 1 saturated heterocycles. The van der Waals surface area contributed by atoms with E-state index in [2.05, 4.69) is 22.9 Å². The zero-order chi connectivity index (χ0) is 27.6. The SMILES string of the molecule is C=C1c2scc(C(=O)NCc3ccc(C(F)(F)F)cc3)c2N=C(N2CCCCC2)N1Cc1ccccc1C#N. The molecule has 3 heterocycles. The molecule has 1 N–H and O–H groups in total. The summed E-state index contributed by atoms with van der Waals surface area (Å²) in [6.45, 7) is 6.52. The van der Waals surface area contributed by atoms with E-state index in [0.717, 1.165) is 54.9 Å². The normalized spacial score (nSPS) is 15.4. The predicted octanol–water partition coefficient (Wildman–Crippen LogP) is 6.53. The third-order valence-electron chi connectivity index (χ3n) is 6.89. The smallest absolute Gasteiger partial charge is 0.348 e. The lowest BCUT2D eigenvalue weighted by atomic mass is 10.1. The van der Waals surface area contributed by atoms with Crippen molar-refractivity contribution < 1.29 is 18.0 Å². The molecule has 0 bridgehead atoms. The molecule has 3 aromatic rings. The summed E-state index contributed by atoms with van der Waals surface area (Å²) in [5.41, 5.74) is 2.92. The highest BCUT2D eigenvalue weighted by molar-refractivity contribution is 7.12. The fraction of sp³-hybridized carbons (Fsp3) is 0.276. The van der Waals surface area contributed by atoms with Crippen LogP contribution in [0, 0.1) is 11.3 Å². The van der Waals surface area contributed by atoms with Crippen molar-refractivity contribution in [1.82, 2.24) is 15.1 Å². The number of nitrogens with zero attached hydrogens (tertiary/aromatic N) is 4. The lowest BCUT2D eigenvalue weighted by molar-refractivity contribution is -0.137. The van der Waals surface area contributed by atoms with Crippen molar-refractivity contribution in [2.75, 3.05) is 13.1 Å². The van der Waals surface area contributed by atoms with Crippen LogP contribution in [-0.4, -0.2) is 34.8 Å². The summed E-state index contributed by atoms with van der Waals surface area (Å²) in [6.07, 6.45) is -1.20. The number of carbonyl (C=O) groups excluding carboxylic acids is 1. The molecule has 10 heteroatoms. The van der Waals surface area contributed by atoms with Gasteiger partial charge >= 0.3 is 6.18 Å². The van der Waals surface area contributed by atoms with Crippen molar-refractivity contribution >= 4 is 34.6 Å². The zero-order valence-electron chi connectivity index (χ0n) is 21.1. The summed E-state index contributed by atoms with van der Waals surface area (Å²) in [6, 6.07) is 14.4. The highest BCUT2D eigenvalue weighted by atomic mass is 32.1. The standard InChI is InChI=1S/C29H26F3N5OS/c1-19-26-25(24(18-39-26)27(38)34-16-20-9-11-23(12-10-20)29(30,31)32)35-28(36-13-5-2-6-14-36)37(19)17-22-8-4-3-7-21(22)15-33/h3-4,7-12,18H,1-2,5-6,13-14,16-17H2,(H,34,38). The largest absolute Gasteiger partial charge is 0.416 e. The molecule has 6 nitrogen and oxygen atoms in total. The van der Waals surface area contributed by atoms with E-state index in [9.17, 15) is 23.2 Å². The number of thiophene rings is 1. The van der Waals surface area contributed by atoms with Gasteiger partial charge in [-0.1, -0.05) is 36.9 Å². The number of halogens is 3. The Hall–Kier alpha value is -4.10. The van der Waals surface area contributed by atoms with Crippen LogP contribution < -0.4 is 5.32 Å². The van der Waals surface area contributed by atoms with E-state index in [1.807, 2.05) is 23.1 Å².